The number of fused-ring (bicyclic) bond motifs is 2. The van der Waals surface area contributed by atoms with Crippen LogP contribution in [0.5, 0.6) is 0 Å². The Kier molecular flexibility index (Phi) is 4.20. The summed E-state index contributed by atoms with van der Waals surface area (Å²) in [6.45, 7) is 5.81. The zero-order chi connectivity index (χ0) is 21.7. The Balaban J connectivity index is 1.32. The van der Waals surface area contributed by atoms with E-state index >= 15 is 0 Å². The summed E-state index contributed by atoms with van der Waals surface area (Å²) in [4.78, 5) is 11.6. The summed E-state index contributed by atoms with van der Waals surface area (Å²) in [5, 5.41) is 17.2. The van der Waals surface area contributed by atoms with Crippen molar-refractivity contribution in [1.29, 1.82) is 0 Å². The fourth-order valence-corrected chi connectivity index (χ4v) is 4.22. The van der Waals surface area contributed by atoms with Crippen molar-refractivity contribution < 1.29 is 0 Å². The van der Waals surface area contributed by atoms with E-state index in [1.54, 1.807) is 21.7 Å². The Bertz CT molecular complexity index is 1420. The minimum Gasteiger partial charge on any atom is -0.350 e. The van der Waals surface area contributed by atoms with Gasteiger partial charge in [-0.25, -0.2) is 9.67 Å². The second-order valence-corrected chi connectivity index (χ2v) is 8.03. The van der Waals surface area contributed by atoms with E-state index in [1.807, 2.05) is 30.7 Å². The van der Waals surface area contributed by atoms with Crippen LogP contribution < -0.4 is 4.90 Å². The van der Waals surface area contributed by atoms with Crippen molar-refractivity contribution >= 4 is 11.5 Å². The Morgan fingerprint density at radius 2 is 1.91 bits per heavy atom. The molecule has 0 bridgehead atoms. The molecular weight excluding hydrogens is 402 g/mol. The van der Waals surface area contributed by atoms with Gasteiger partial charge in [0, 0.05) is 72.2 Å². The predicted octanol–water partition coefficient (Wildman–Crippen LogP) is 2.95. The quantitative estimate of drug-likeness (QED) is 0.441. The highest BCUT2D eigenvalue weighted by Gasteiger charge is 2.22. The first-order chi connectivity index (χ1) is 15.7. The molecule has 0 spiro atoms. The largest absolute Gasteiger partial charge is 0.350 e. The summed E-state index contributed by atoms with van der Waals surface area (Å²) < 4.78 is 3.51. The summed E-state index contributed by atoms with van der Waals surface area (Å²) in [5.74, 6) is 1.76. The minimum atomic E-state index is 0.760. The van der Waals surface area contributed by atoms with Crippen molar-refractivity contribution in [2.45, 2.75) is 26.8 Å². The molecule has 9 heteroatoms. The van der Waals surface area contributed by atoms with E-state index < -0.39 is 0 Å². The van der Waals surface area contributed by atoms with E-state index in [0.717, 1.165) is 64.7 Å². The normalized spacial score (nSPS) is 13.5. The molecule has 0 amide bonds. The molecule has 0 atom stereocenters. The minimum absolute atomic E-state index is 0.760. The first-order valence-electron chi connectivity index (χ1n) is 10.5. The van der Waals surface area contributed by atoms with Crippen LogP contribution in [-0.2, 0) is 13.0 Å². The van der Waals surface area contributed by atoms with Crippen molar-refractivity contribution in [3.63, 3.8) is 0 Å². The van der Waals surface area contributed by atoms with Crippen molar-refractivity contribution in [3.8, 4) is 16.9 Å². The van der Waals surface area contributed by atoms with E-state index in [4.69, 9.17) is 10.1 Å². The Morgan fingerprint density at radius 1 is 1.00 bits per heavy atom. The zero-order valence-electron chi connectivity index (χ0n) is 17.8. The molecule has 5 aromatic rings. The number of aromatic nitrogens is 8. The maximum Gasteiger partial charge on any atom is 0.180 e. The molecule has 6 rings (SSSR count). The fourth-order valence-electron chi connectivity index (χ4n) is 4.22. The number of hydrogen-bond acceptors (Lipinski definition) is 7. The average Bonchev–Trinajstić information content (AvgIpc) is 3.53. The summed E-state index contributed by atoms with van der Waals surface area (Å²) in [6, 6.07) is 8.13. The molecule has 1 aliphatic rings. The number of pyridine rings is 2. The molecule has 0 radical (unpaired) electrons. The molecular formula is C23H21N9. The lowest BCUT2D eigenvalue weighted by molar-refractivity contribution is 0.688. The lowest BCUT2D eigenvalue weighted by Crippen LogP contribution is -2.32. The zero-order valence-corrected chi connectivity index (χ0v) is 17.8. The highest BCUT2D eigenvalue weighted by atomic mass is 15.4. The number of nitrogens with zero attached hydrogens (tertiary/aromatic N) is 9. The van der Waals surface area contributed by atoms with Crippen LogP contribution >= 0.6 is 0 Å². The van der Waals surface area contributed by atoms with Crippen LogP contribution in [0, 0.1) is 13.8 Å². The van der Waals surface area contributed by atoms with E-state index in [1.165, 1.54) is 5.56 Å². The molecule has 0 unspecified atom stereocenters. The van der Waals surface area contributed by atoms with Crippen LogP contribution in [0.1, 0.15) is 22.4 Å². The molecule has 5 aromatic heterocycles. The molecule has 0 aliphatic carbocycles. The molecule has 0 aromatic carbocycles. The van der Waals surface area contributed by atoms with Gasteiger partial charge in [-0.2, -0.15) is 9.61 Å². The summed E-state index contributed by atoms with van der Waals surface area (Å²) >= 11 is 0. The first kappa shape index (κ1) is 18.6. The maximum atomic E-state index is 4.79. The summed E-state index contributed by atoms with van der Waals surface area (Å²) in [5.41, 5.74) is 7.49. The number of rotatable bonds is 3. The van der Waals surface area contributed by atoms with Crippen LogP contribution in [-0.4, -0.2) is 46.1 Å². The molecule has 32 heavy (non-hydrogen) atoms. The third-order valence-corrected chi connectivity index (χ3v) is 6.13. The van der Waals surface area contributed by atoms with Gasteiger partial charge in [0.1, 0.15) is 6.33 Å². The van der Waals surface area contributed by atoms with Crippen LogP contribution in [0.4, 0.5) is 5.82 Å². The van der Waals surface area contributed by atoms with Crippen molar-refractivity contribution in [3.05, 3.63) is 77.8 Å². The number of anilines is 1. The molecule has 0 fully saturated rings. The molecule has 9 nitrogen and oxygen atoms in total. The van der Waals surface area contributed by atoms with Crippen LogP contribution in [0.15, 0.2) is 55.4 Å². The molecule has 0 N–H and O–H groups in total. The van der Waals surface area contributed by atoms with Gasteiger partial charge in [-0.1, -0.05) is 0 Å². The highest BCUT2D eigenvalue weighted by Crippen LogP contribution is 2.29. The molecule has 6 heterocycles. The van der Waals surface area contributed by atoms with E-state index in [0.29, 0.717) is 0 Å². The predicted molar refractivity (Wildman–Crippen MR) is 120 cm³/mol. The molecule has 0 saturated carbocycles. The van der Waals surface area contributed by atoms with E-state index in [9.17, 15) is 0 Å². The SMILES string of the molecule is Cc1c(N2CCc3ncc(-c4ccc(-n5cccn5)nc4)cc3C2)nn2cnnc2c1C. The van der Waals surface area contributed by atoms with Crippen molar-refractivity contribution in [2.24, 2.45) is 0 Å². The number of aryl methyl sites for hydroxylation is 1. The van der Waals surface area contributed by atoms with Gasteiger partial charge in [-0.3, -0.25) is 4.98 Å². The molecule has 0 saturated heterocycles. The van der Waals surface area contributed by atoms with Gasteiger partial charge in [-0.05, 0) is 43.7 Å². The second-order valence-electron chi connectivity index (χ2n) is 8.03. The topological polar surface area (TPSA) is 89.9 Å². The lowest BCUT2D eigenvalue weighted by Gasteiger charge is -2.30. The third-order valence-electron chi connectivity index (χ3n) is 6.13. The Labute approximate surface area is 184 Å². The van der Waals surface area contributed by atoms with Crippen molar-refractivity contribution in [1.82, 2.24) is 39.6 Å². The third kappa shape index (κ3) is 3.01. The molecule has 158 valence electrons. The van der Waals surface area contributed by atoms with E-state index in [2.05, 4.69) is 51.2 Å². The Hall–Kier alpha value is -4.14. The van der Waals surface area contributed by atoms with Crippen molar-refractivity contribution in [2.75, 3.05) is 11.4 Å². The van der Waals surface area contributed by atoms with Gasteiger partial charge in [-0.15, -0.1) is 15.3 Å². The van der Waals surface area contributed by atoms with Gasteiger partial charge in [0.25, 0.3) is 0 Å². The smallest absolute Gasteiger partial charge is 0.180 e. The maximum absolute atomic E-state index is 4.79. The number of hydrogen-bond donors (Lipinski definition) is 0. The molecule has 1 aliphatic heterocycles. The second kappa shape index (κ2) is 7.23. The van der Waals surface area contributed by atoms with Gasteiger partial charge in [0.2, 0.25) is 0 Å². The standard InChI is InChI=1S/C23H21N9/c1-15-16(2)23(29-32-14-26-28-22(15)32)30-9-6-20-19(13-30)10-18(12-24-20)17-4-5-21(25-11-17)31-8-3-7-27-31/h3-5,7-8,10-12,14H,6,9,13H2,1-2H3. The van der Waals surface area contributed by atoms with E-state index in [-0.39, 0.29) is 0 Å². The first-order valence-corrected chi connectivity index (χ1v) is 10.5. The summed E-state index contributed by atoms with van der Waals surface area (Å²) in [7, 11) is 0. The van der Waals surface area contributed by atoms with Crippen LogP contribution in [0.25, 0.3) is 22.6 Å². The van der Waals surface area contributed by atoms with Gasteiger partial charge < -0.3 is 4.90 Å². The Morgan fingerprint density at radius 3 is 2.72 bits per heavy atom. The highest BCUT2D eigenvalue weighted by molar-refractivity contribution is 5.64. The van der Waals surface area contributed by atoms with Crippen LogP contribution in [0.3, 0.4) is 0 Å². The van der Waals surface area contributed by atoms with Crippen LogP contribution in [0.2, 0.25) is 0 Å². The monoisotopic (exact) mass is 423 g/mol. The van der Waals surface area contributed by atoms with Gasteiger partial charge >= 0.3 is 0 Å². The van der Waals surface area contributed by atoms with Gasteiger partial charge in [0.05, 0.1) is 0 Å². The van der Waals surface area contributed by atoms with Gasteiger partial charge in [0.15, 0.2) is 17.3 Å². The summed E-state index contributed by atoms with van der Waals surface area (Å²) in [6.07, 6.45) is 9.97. The average molecular weight is 423 g/mol. The fraction of sp³-hybridized carbons (Fsp3) is 0.217. The lowest BCUT2D eigenvalue weighted by atomic mass is 10.0.